The topological polar surface area (TPSA) is 79.4 Å². The van der Waals surface area contributed by atoms with Gasteiger partial charge in [0.25, 0.3) is 15.9 Å². The molecular weight excluding hydrogens is 473 g/mol. The van der Waals surface area contributed by atoms with E-state index >= 15 is 0 Å². The van der Waals surface area contributed by atoms with Gasteiger partial charge >= 0.3 is 0 Å². The van der Waals surface area contributed by atoms with Crippen molar-refractivity contribution >= 4 is 43.2 Å². The number of fused-ring (bicyclic) bond motifs is 1. The SMILES string of the molecule is O=C(c1cccc(S(=O)(=O)Nc2ccc(F)cc2)c1)N1CCC(c2nc3ccccc3s2)CC1. The van der Waals surface area contributed by atoms with Gasteiger partial charge < -0.3 is 4.90 Å². The largest absolute Gasteiger partial charge is 0.339 e. The van der Waals surface area contributed by atoms with Crippen LogP contribution in [0.2, 0.25) is 0 Å². The van der Waals surface area contributed by atoms with Crippen LogP contribution in [-0.2, 0) is 10.0 Å². The second kappa shape index (κ2) is 9.15. The highest BCUT2D eigenvalue weighted by Crippen LogP contribution is 2.34. The van der Waals surface area contributed by atoms with E-state index in [1.54, 1.807) is 28.4 Å². The van der Waals surface area contributed by atoms with Gasteiger partial charge in [0, 0.05) is 30.3 Å². The van der Waals surface area contributed by atoms with E-state index in [4.69, 9.17) is 4.98 Å². The average molecular weight is 496 g/mol. The summed E-state index contributed by atoms with van der Waals surface area (Å²) in [5.74, 6) is -0.336. The molecule has 5 rings (SSSR count). The lowest BCUT2D eigenvalue weighted by Gasteiger charge is -2.31. The quantitative estimate of drug-likeness (QED) is 0.410. The zero-order valence-corrected chi connectivity index (χ0v) is 19.8. The van der Waals surface area contributed by atoms with Gasteiger partial charge in [-0.05, 0) is 67.4 Å². The van der Waals surface area contributed by atoms with Crippen molar-refractivity contribution in [2.45, 2.75) is 23.7 Å². The maximum absolute atomic E-state index is 13.1. The van der Waals surface area contributed by atoms with Crippen LogP contribution < -0.4 is 4.72 Å². The monoisotopic (exact) mass is 495 g/mol. The normalized spacial score (nSPS) is 14.9. The zero-order chi connectivity index (χ0) is 23.7. The molecule has 174 valence electrons. The highest BCUT2D eigenvalue weighted by atomic mass is 32.2. The van der Waals surface area contributed by atoms with Crippen LogP contribution >= 0.6 is 11.3 Å². The van der Waals surface area contributed by atoms with Crippen molar-refractivity contribution in [3.05, 3.63) is 89.2 Å². The fourth-order valence-corrected chi connectivity index (χ4v) is 6.35. The number of piperidine rings is 1. The second-order valence-electron chi connectivity index (χ2n) is 8.23. The minimum Gasteiger partial charge on any atom is -0.339 e. The number of nitrogens with zero attached hydrogens (tertiary/aromatic N) is 2. The Kier molecular flexibility index (Phi) is 6.05. The molecule has 2 heterocycles. The fraction of sp³-hybridized carbons (Fsp3) is 0.200. The van der Waals surface area contributed by atoms with Gasteiger partial charge in [0.15, 0.2) is 0 Å². The molecule has 1 aromatic heterocycles. The van der Waals surface area contributed by atoms with E-state index in [0.717, 1.165) is 23.4 Å². The number of nitrogens with one attached hydrogen (secondary N) is 1. The maximum Gasteiger partial charge on any atom is 0.261 e. The molecule has 1 aliphatic heterocycles. The van der Waals surface area contributed by atoms with Gasteiger partial charge in [0.2, 0.25) is 0 Å². The maximum atomic E-state index is 13.1. The Morgan fingerprint density at radius 3 is 2.47 bits per heavy atom. The van der Waals surface area contributed by atoms with Gasteiger partial charge in [-0.25, -0.2) is 17.8 Å². The molecular formula is C25H22FN3O3S2. The highest BCUT2D eigenvalue weighted by molar-refractivity contribution is 7.92. The van der Waals surface area contributed by atoms with Crippen molar-refractivity contribution in [2.24, 2.45) is 0 Å². The smallest absolute Gasteiger partial charge is 0.261 e. The summed E-state index contributed by atoms with van der Waals surface area (Å²) in [6.07, 6.45) is 1.63. The van der Waals surface area contributed by atoms with Crippen LogP contribution in [0.3, 0.4) is 0 Å². The molecule has 0 radical (unpaired) electrons. The number of aromatic nitrogens is 1. The van der Waals surface area contributed by atoms with Gasteiger partial charge in [0.05, 0.1) is 20.1 Å². The Morgan fingerprint density at radius 2 is 1.74 bits per heavy atom. The third-order valence-corrected chi connectivity index (χ3v) is 8.51. The van der Waals surface area contributed by atoms with E-state index in [9.17, 15) is 17.6 Å². The van der Waals surface area contributed by atoms with E-state index in [2.05, 4.69) is 10.8 Å². The van der Waals surface area contributed by atoms with Gasteiger partial charge in [0.1, 0.15) is 5.82 Å². The van der Waals surface area contributed by atoms with Crippen LogP contribution in [0.5, 0.6) is 0 Å². The van der Waals surface area contributed by atoms with E-state index in [-0.39, 0.29) is 16.5 Å². The molecule has 0 unspecified atom stereocenters. The number of likely N-dealkylation sites (tertiary alicyclic amines) is 1. The van der Waals surface area contributed by atoms with Crippen molar-refractivity contribution in [3.63, 3.8) is 0 Å². The van der Waals surface area contributed by atoms with Crippen molar-refractivity contribution in [3.8, 4) is 0 Å². The van der Waals surface area contributed by atoms with Gasteiger partial charge in [-0.2, -0.15) is 0 Å². The number of carbonyl (C=O) groups is 1. The summed E-state index contributed by atoms with van der Waals surface area (Å²) in [5.41, 5.74) is 1.57. The number of anilines is 1. The summed E-state index contributed by atoms with van der Waals surface area (Å²) < 4.78 is 42.2. The molecule has 0 bridgehead atoms. The first-order chi connectivity index (χ1) is 16.4. The highest BCUT2D eigenvalue weighted by Gasteiger charge is 2.27. The van der Waals surface area contributed by atoms with Crippen LogP contribution in [0, 0.1) is 5.82 Å². The first kappa shape index (κ1) is 22.5. The predicted molar refractivity (Wildman–Crippen MR) is 131 cm³/mol. The Labute approximate surface area is 201 Å². The van der Waals surface area contributed by atoms with E-state index in [1.165, 1.54) is 41.1 Å². The number of sulfonamides is 1. The lowest BCUT2D eigenvalue weighted by Crippen LogP contribution is -2.38. The minimum atomic E-state index is -3.92. The molecule has 0 spiro atoms. The molecule has 9 heteroatoms. The first-order valence-corrected chi connectivity index (χ1v) is 13.2. The number of benzene rings is 3. The molecule has 1 aliphatic rings. The Hall–Kier alpha value is -3.30. The summed E-state index contributed by atoms with van der Waals surface area (Å²) >= 11 is 1.71. The number of carbonyl (C=O) groups excluding carboxylic acids is 1. The van der Waals surface area contributed by atoms with Crippen LogP contribution in [0.25, 0.3) is 10.2 Å². The molecule has 1 fully saturated rings. The van der Waals surface area contributed by atoms with Crippen molar-refractivity contribution in [1.82, 2.24) is 9.88 Å². The van der Waals surface area contributed by atoms with Crippen LogP contribution in [0.1, 0.15) is 34.1 Å². The number of halogens is 1. The second-order valence-corrected chi connectivity index (χ2v) is 11.0. The number of rotatable bonds is 5. The van der Waals surface area contributed by atoms with E-state index in [1.807, 2.05) is 18.2 Å². The van der Waals surface area contributed by atoms with Crippen LogP contribution in [0.15, 0.2) is 77.7 Å². The minimum absolute atomic E-state index is 0.0213. The number of amides is 1. The van der Waals surface area contributed by atoms with Gasteiger partial charge in [-0.1, -0.05) is 18.2 Å². The van der Waals surface area contributed by atoms with Crippen molar-refractivity contribution < 1.29 is 17.6 Å². The Morgan fingerprint density at radius 1 is 1.00 bits per heavy atom. The van der Waals surface area contributed by atoms with E-state index in [0.29, 0.717) is 24.6 Å². The molecule has 1 saturated heterocycles. The summed E-state index contributed by atoms with van der Waals surface area (Å²) in [7, 11) is -3.92. The first-order valence-electron chi connectivity index (χ1n) is 10.9. The molecule has 0 aliphatic carbocycles. The lowest BCUT2D eigenvalue weighted by atomic mass is 9.97. The molecule has 0 atom stereocenters. The van der Waals surface area contributed by atoms with Crippen LogP contribution in [-0.4, -0.2) is 37.3 Å². The average Bonchev–Trinajstić information content (AvgIpc) is 3.29. The summed E-state index contributed by atoms with van der Waals surface area (Å²) in [6, 6.07) is 19.1. The Balaban J connectivity index is 1.27. The van der Waals surface area contributed by atoms with Gasteiger partial charge in [-0.3, -0.25) is 9.52 Å². The number of hydrogen-bond acceptors (Lipinski definition) is 5. The summed E-state index contributed by atoms with van der Waals surface area (Å²) in [5, 5.41) is 1.10. The van der Waals surface area contributed by atoms with Crippen LogP contribution in [0.4, 0.5) is 10.1 Å². The molecule has 34 heavy (non-hydrogen) atoms. The lowest BCUT2D eigenvalue weighted by molar-refractivity contribution is 0.0712. The summed E-state index contributed by atoms with van der Waals surface area (Å²) in [6.45, 7) is 1.18. The zero-order valence-electron chi connectivity index (χ0n) is 18.1. The Bertz CT molecular complexity index is 1410. The number of para-hydroxylation sites is 1. The molecule has 0 saturated carbocycles. The van der Waals surface area contributed by atoms with Crippen molar-refractivity contribution in [1.29, 1.82) is 0 Å². The molecule has 6 nitrogen and oxygen atoms in total. The standard InChI is InChI=1S/C25H22FN3O3S2/c26-19-8-10-20(11-9-19)28-34(31,32)21-5-3-4-18(16-21)25(30)29-14-12-17(13-15-29)24-27-22-6-1-2-7-23(22)33-24/h1-11,16-17,28H,12-15H2. The molecule has 1 amide bonds. The molecule has 1 N–H and O–H groups in total. The predicted octanol–water partition coefficient (Wildman–Crippen LogP) is 5.26. The molecule has 4 aromatic rings. The molecule has 3 aromatic carbocycles. The number of thiazole rings is 1. The van der Waals surface area contributed by atoms with E-state index < -0.39 is 15.8 Å². The third kappa shape index (κ3) is 4.67. The number of hydrogen-bond donors (Lipinski definition) is 1. The summed E-state index contributed by atoms with van der Waals surface area (Å²) in [4.78, 5) is 19.6. The van der Waals surface area contributed by atoms with Gasteiger partial charge in [-0.15, -0.1) is 11.3 Å². The fourth-order valence-electron chi connectivity index (χ4n) is 4.11. The van der Waals surface area contributed by atoms with Crippen molar-refractivity contribution in [2.75, 3.05) is 17.8 Å². The third-order valence-electron chi connectivity index (χ3n) is 5.93.